The normalized spacial score (nSPS) is 13.3. The maximum atomic E-state index is 12.2. The fourth-order valence-corrected chi connectivity index (χ4v) is 4.49. The van der Waals surface area contributed by atoms with Gasteiger partial charge in [0.15, 0.2) is 0 Å². The van der Waals surface area contributed by atoms with Crippen LogP contribution in [-0.2, 0) is 9.53 Å². The lowest BCUT2D eigenvalue weighted by molar-refractivity contribution is -0.147. The zero-order valence-corrected chi connectivity index (χ0v) is 22.1. The summed E-state index contributed by atoms with van der Waals surface area (Å²) < 4.78 is 5.79. The van der Waals surface area contributed by atoms with Crippen molar-refractivity contribution in [3.8, 4) is 0 Å². The second kappa shape index (κ2) is 22.7. The summed E-state index contributed by atoms with van der Waals surface area (Å²) >= 11 is 0. The number of unbranched alkanes of at least 4 members (excludes halogenated alkanes) is 16. The van der Waals surface area contributed by atoms with Crippen LogP contribution < -0.4 is 0 Å². The fraction of sp³-hybridized carbons (Fsp3) is 0.966. The fourth-order valence-electron chi connectivity index (χ4n) is 4.49. The summed E-state index contributed by atoms with van der Waals surface area (Å²) in [7, 11) is 0. The Morgan fingerprint density at radius 2 is 0.903 bits per heavy atom. The molecule has 1 atom stereocenters. The molecule has 0 radical (unpaired) electrons. The Kier molecular flexibility index (Phi) is 22.3. The minimum atomic E-state index is 0.0293. The maximum absolute atomic E-state index is 12.2. The summed E-state index contributed by atoms with van der Waals surface area (Å²) in [5.41, 5.74) is 0.171. The molecular weight excluding hydrogens is 380 g/mol. The van der Waals surface area contributed by atoms with E-state index in [0.29, 0.717) is 13.0 Å². The highest BCUT2D eigenvalue weighted by molar-refractivity contribution is 5.69. The van der Waals surface area contributed by atoms with E-state index in [4.69, 9.17) is 4.74 Å². The van der Waals surface area contributed by atoms with Gasteiger partial charge in [0.2, 0.25) is 0 Å². The molecule has 2 heteroatoms. The first-order chi connectivity index (χ1) is 15.1. The van der Waals surface area contributed by atoms with Gasteiger partial charge in [0.1, 0.15) is 0 Å². The molecule has 0 N–H and O–H groups in total. The summed E-state index contributed by atoms with van der Waals surface area (Å²) in [4.78, 5) is 12.2. The van der Waals surface area contributed by atoms with Crippen molar-refractivity contribution in [2.45, 2.75) is 169 Å². The average Bonchev–Trinajstić information content (AvgIpc) is 2.76. The Balaban J connectivity index is 4.20. The number of rotatable bonds is 24. The van der Waals surface area contributed by atoms with Crippen LogP contribution in [0.25, 0.3) is 0 Å². The number of carbonyl (C=O) groups is 1. The molecule has 0 aromatic carbocycles. The van der Waals surface area contributed by atoms with Gasteiger partial charge in [0.25, 0.3) is 0 Å². The molecule has 0 amide bonds. The van der Waals surface area contributed by atoms with E-state index in [9.17, 15) is 4.79 Å². The third-order valence-electron chi connectivity index (χ3n) is 6.83. The zero-order chi connectivity index (χ0) is 23.0. The van der Waals surface area contributed by atoms with Gasteiger partial charge in [-0.05, 0) is 19.3 Å². The van der Waals surface area contributed by atoms with Crippen LogP contribution in [0.15, 0.2) is 0 Å². The Morgan fingerprint density at radius 3 is 1.32 bits per heavy atom. The standard InChI is InChI=1S/C29H58O2/c1-5-8-11-14-16-17-20-23-26-29(4,25-22-19-15-12-9-6-2)27-31-28(30)24-21-18-13-10-7-3/h5-27H2,1-4H3. The van der Waals surface area contributed by atoms with Gasteiger partial charge in [-0.1, -0.05) is 143 Å². The third kappa shape index (κ3) is 21.1. The van der Waals surface area contributed by atoms with E-state index >= 15 is 0 Å². The molecule has 0 fully saturated rings. The number of ether oxygens (including phenoxy) is 1. The highest BCUT2D eigenvalue weighted by Gasteiger charge is 2.25. The lowest BCUT2D eigenvalue weighted by Crippen LogP contribution is -2.25. The van der Waals surface area contributed by atoms with Gasteiger partial charge < -0.3 is 4.74 Å². The molecule has 0 bridgehead atoms. The quantitative estimate of drug-likeness (QED) is 0.111. The first-order valence-electron chi connectivity index (χ1n) is 14.2. The average molecular weight is 439 g/mol. The topological polar surface area (TPSA) is 26.3 Å². The number of hydrogen-bond acceptors (Lipinski definition) is 2. The van der Waals surface area contributed by atoms with Crippen molar-refractivity contribution >= 4 is 5.97 Å². The van der Waals surface area contributed by atoms with E-state index in [1.807, 2.05) is 0 Å². The summed E-state index contributed by atoms with van der Waals surface area (Å²) in [6.07, 6.45) is 27.9. The lowest BCUT2D eigenvalue weighted by Gasteiger charge is -2.29. The highest BCUT2D eigenvalue weighted by atomic mass is 16.5. The number of hydrogen-bond donors (Lipinski definition) is 0. The van der Waals surface area contributed by atoms with Crippen molar-refractivity contribution in [1.29, 1.82) is 0 Å². The van der Waals surface area contributed by atoms with E-state index in [2.05, 4.69) is 27.7 Å². The predicted molar refractivity (Wildman–Crippen MR) is 138 cm³/mol. The van der Waals surface area contributed by atoms with Crippen LogP contribution in [0.3, 0.4) is 0 Å². The first-order valence-corrected chi connectivity index (χ1v) is 14.2. The molecule has 2 nitrogen and oxygen atoms in total. The molecule has 0 aliphatic rings. The summed E-state index contributed by atoms with van der Waals surface area (Å²) in [5.74, 6) is 0.0293. The maximum Gasteiger partial charge on any atom is 0.305 e. The summed E-state index contributed by atoms with van der Waals surface area (Å²) in [6, 6.07) is 0. The number of esters is 1. The van der Waals surface area contributed by atoms with E-state index in [1.165, 1.54) is 122 Å². The second-order valence-corrected chi connectivity index (χ2v) is 10.4. The van der Waals surface area contributed by atoms with Crippen molar-refractivity contribution in [3.05, 3.63) is 0 Å². The zero-order valence-electron chi connectivity index (χ0n) is 22.1. The van der Waals surface area contributed by atoms with E-state index < -0.39 is 0 Å². The van der Waals surface area contributed by atoms with Crippen molar-refractivity contribution in [1.82, 2.24) is 0 Å². The van der Waals surface area contributed by atoms with Crippen LogP contribution in [0, 0.1) is 5.41 Å². The van der Waals surface area contributed by atoms with E-state index in [-0.39, 0.29) is 11.4 Å². The molecule has 0 aliphatic heterocycles. The Bertz CT molecular complexity index is 379. The minimum absolute atomic E-state index is 0.0293. The molecule has 186 valence electrons. The van der Waals surface area contributed by atoms with Gasteiger partial charge >= 0.3 is 5.97 Å². The first kappa shape index (κ1) is 30.5. The molecular formula is C29H58O2. The smallest absolute Gasteiger partial charge is 0.305 e. The Hall–Kier alpha value is -0.530. The highest BCUT2D eigenvalue weighted by Crippen LogP contribution is 2.32. The molecule has 0 rings (SSSR count). The number of carbonyl (C=O) groups excluding carboxylic acids is 1. The molecule has 0 saturated carbocycles. The lowest BCUT2D eigenvalue weighted by atomic mass is 9.80. The largest absolute Gasteiger partial charge is 0.465 e. The van der Waals surface area contributed by atoms with Crippen LogP contribution in [0.5, 0.6) is 0 Å². The van der Waals surface area contributed by atoms with Crippen molar-refractivity contribution < 1.29 is 9.53 Å². The van der Waals surface area contributed by atoms with Gasteiger partial charge in [0.05, 0.1) is 6.61 Å². The molecule has 0 aromatic heterocycles. The van der Waals surface area contributed by atoms with Crippen molar-refractivity contribution in [2.24, 2.45) is 5.41 Å². The predicted octanol–water partition coefficient (Wildman–Crippen LogP) is 10.2. The van der Waals surface area contributed by atoms with Crippen LogP contribution in [-0.4, -0.2) is 12.6 Å². The van der Waals surface area contributed by atoms with Gasteiger partial charge in [0, 0.05) is 11.8 Å². The van der Waals surface area contributed by atoms with Crippen molar-refractivity contribution in [3.63, 3.8) is 0 Å². The van der Waals surface area contributed by atoms with Crippen molar-refractivity contribution in [2.75, 3.05) is 6.61 Å². The van der Waals surface area contributed by atoms with Crippen LogP contribution in [0.4, 0.5) is 0 Å². The van der Waals surface area contributed by atoms with E-state index in [0.717, 1.165) is 12.8 Å². The van der Waals surface area contributed by atoms with Gasteiger partial charge in [-0.2, -0.15) is 0 Å². The minimum Gasteiger partial charge on any atom is -0.465 e. The molecule has 0 spiro atoms. The Labute approximate surface area is 196 Å². The molecule has 0 aromatic rings. The molecule has 0 saturated heterocycles. The molecule has 0 heterocycles. The third-order valence-corrected chi connectivity index (χ3v) is 6.83. The van der Waals surface area contributed by atoms with Crippen LogP contribution >= 0.6 is 0 Å². The summed E-state index contributed by atoms with van der Waals surface area (Å²) in [6.45, 7) is 9.79. The van der Waals surface area contributed by atoms with Gasteiger partial charge in [-0.25, -0.2) is 0 Å². The van der Waals surface area contributed by atoms with Crippen LogP contribution in [0.1, 0.15) is 169 Å². The molecule has 0 aliphatic carbocycles. The second-order valence-electron chi connectivity index (χ2n) is 10.4. The molecule has 31 heavy (non-hydrogen) atoms. The molecule has 1 unspecified atom stereocenters. The SMILES string of the molecule is CCCCCCCCCCC(C)(CCCCCCCC)COC(=O)CCCCCCC. The summed E-state index contributed by atoms with van der Waals surface area (Å²) in [5, 5.41) is 0. The van der Waals surface area contributed by atoms with Gasteiger partial charge in [-0.15, -0.1) is 0 Å². The Morgan fingerprint density at radius 1 is 0.548 bits per heavy atom. The van der Waals surface area contributed by atoms with Crippen LogP contribution in [0.2, 0.25) is 0 Å². The van der Waals surface area contributed by atoms with E-state index in [1.54, 1.807) is 0 Å². The van der Waals surface area contributed by atoms with Gasteiger partial charge in [-0.3, -0.25) is 4.79 Å². The monoisotopic (exact) mass is 438 g/mol.